The highest BCUT2D eigenvalue weighted by Gasteiger charge is 2.24. The summed E-state index contributed by atoms with van der Waals surface area (Å²) in [7, 11) is -3.51. The Morgan fingerprint density at radius 3 is 2.73 bits per heavy atom. The lowest BCUT2D eigenvalue weighted by molar-refractivity contribution is -0.119. The predicted octanol–water partition coefficient (Wildman–Crippen LogP) is 3.41. The Hall–Kier alpha value is -2.14. The van der Waals surface area contributed by atoms with Gasteiger partial charge in [0.05, 0.1) is 11.8 Å². The van der Waals surface area contributed by atoms with Gasteiger partial charge >= 0.3 is 0 Å². The number of benzene rings is 2. The highest BCUT2D eigenvalue weighted by atomic mass is 32.2. The molecule has 0 heterocycles. The fourth-order valence-corrected chi connectivity index (χ4v) is 4.95. The monoisotopic (exact) mass is 371 g/mol. The molecule has 1 aliphatic carbocycles. The molecule has 5 heteroatoms. The largest absolute Gasteiger partial charge is 0.348 e. The fraction of sp³-hybridized carbons (Fsp3) is 0.381. The third kappa shape index (κ3) is 4.52. The summed E-state index contributed by atoms with van der Waals surface area (Å²) < 4.78 is 25.0. The Kier molecular flexibility index (Phi) is 5.47. The van der Waals surface area contributed by atoms with Gasteiger partial charge in [-0.2, -0.15) is 0 Å². The molecular formula is C21H25NO3S. The number of amides is 1. The molecule has 2 aromatic carbocycles. The fourth-order valence-electron chi connectivity index (χ4n) is 3.58. The number of aryl methyl sites for hydroxylation is 3. The highest BCUT2D eigenvalue weighted by molar-refractivity contribution is 7.91. The first-order valence-corrected chi connectivity index (χ1v) is 10.8. The summed E-state index contributed by atoms with van der Waals surface area (Å²) in [6, 6.07) is 13.7. The summed E-state index contributed by atoms with van der Waals surface area (Å²) in [4.78, 5) is 12.4. The first-order chi connectivity index (χ1) is 12.3. The zero-order chi connectivity index (χ0) is 18.7. The van der Waals surface area contributed by atoms with E-state index in [4.69, 9.17) is 0 Å². The minimum atomic E-state index is -3.51. The summed E-state index contributed by atoms with van der Waals surface area (Å²) in [5.41, 5.74) is 5.06. The van der Waals surface area contributed by atoms with E-state index in [1.54, 1.807) is 0 Å². The zero-order valence-corrected chi connectivity index (χ0v) is 16.1. The van der Waals surface area contributed by atoms with Gasteiger partial charge in [0.1, 0.15) is 5.75 Å². The number of sulfone groups is 1. The van der Waals surface area contributed by atoms with Gasteiger partial charge in [0.2, 0.25) is 5.91 Å². The predicted molar refractivity (Wildman–Crippen MR) is 104 cm³/mol. The van der Waals surface area contributed by atoms with E-state index in [0.29, 0.717) is 0 Å². The maximum atomic E-state index is 12.5. The number of carbonyl (C=O) groups excluding carboxylic acids is 1. The van der Waals surface area contributed by atoms with Crippen LogP contribution in [0.4, 0.5) is 0 Å². The molecule has 0 aliphatic heterocycles. The van der Waals surface area contributed by atoms with E-state index in [9.17, 15) is 13.2 Å². The molecule has 26 heavy (non-hydrogen) atoms. The lowest BCUT2D eigenvalue weighted by Gasteiger charge is -2.26. The van der Waals surface area contributed by atoms with Crippen molar-refractivity contribution in [3.63, 3.8) is 0 Å². The second kappa shape index (κ2) is 7.62. The number of nitrogens with one attached hydrogen (secondary N) is 1. The number of carbonyl (C=O) groups is 1. The zero-order valence-electron chi connectivity index (χ0n) is 15.3. The van der Waals surface area contributed by atoms with Gasteiger partial charge < -0.3 is 5.32 Å². The van der Waals surface area contributed by atoms with Gasteiger partial charge in [-0.3, -0.25) is 4.79 Å². The molecule has 138 valence electrons. The van der Waals surface area contributed by atoms with Gasteiger partial charge in [-0.1, -0.05) is 48.0 Å². The van der Waals surface area contributed by atoms with E-state index >= 15 is 0 Å². The summed E-state index contributed by atoms with van der Waals surface area (Å²) in [5, 5.41) is 2.92. The molecule has 3 rings (SSSR count). The van der Waals surface area contributed by atoms with E-state index in [-0.39, 0.29) is 11.8 Å². The molecule has 0 fully saturated rings. The standard InChI is InChI=1S/C21H25NO3S/c1-15-10-11-16(2)18(12-15)13-26(24,25)14-21(23)22-20-9-5-7-17-6-3-4-8-19(17)20/h3-4,6,8,10-12,20H,5,7,9,13-14H2,1-2H3,(H,22,23). The molecule has 0 saturated carbocycles. The van der Waals surface area contributed by atoms with E-state index < -0.39 is 21.5 Å². The maximum absolute atomic E-state index is 12.5. The van der Waals surface area contributed by atoms with Crippen LogP contribution in [-0.4, -0.2) is 20.1 Å². The summed E-state index contributed by atoms with van der Waals surface area (Å²) in [5.74, 6) is -0.995. The van der Waals surface area contributed by atoms with Crippen molar-refractivity contribution < 1.29 is 13.2 Å². The topological polar surface area (TPSA) is 63.2 Å². The van der Waals surface area contributed by atoms with E-state index in [0.717, 1.165) is 41.5 Å². The normalized spacial score (nSPS) is 16.8. The minimum Gasteiger partial charge on any atom is -0.348 e. The number of rotatable bonds is 5. The molecule has 2 aromatic rings. The third-order valence-corrected chi connectivity index (χ3v) is 6.39. The third-order valence-electron chi connectivity index (χ3n) is 4.94. The van der Waals surface area contributed by atoms with Crippen LogP contribution in [0.25, 0.3) is 0 Å². The molecule has 1 N–H and O–H groups in total. The molecule has 1 aliphatic rings. The average molecular weight is 372 g/mol. The van der Waals surface area contributed by atoms with Gasteiger partial charge in [-0.15, -0.1) is 0 Å². The van der Waals surface area contributed by atoms with Crippen LogP contribution in [0.3, 0.4) is 0 Å². The number of fused-ring (bicyclic) bond motifs is 1. The minimum absolute atomic E-state index is 0.0941. The van der Waals surface area contributed by atoms with Crippen molar-refractivity contribution in [1.82, 2.24) is 5.32 Å². The summed E-state index contributed by atoms with van der Waals surface area (Å²) in [6.07, 6.45) is 2.85. The second-order valence-corrected chi connectivity index (χ2v) is 9.24. The highest BCUT2D eigenvalue weighted by Crippen LogP contribution is 2.29. The van der Waals surface area contributed by atoms with Crippen molar-refractivity contribution in [2.24, 2.45) is 0 Å². The molecular weight excluding hydrogens is 346 g/mol. The lowest BCUT2D eigenvalue weighted by atomic mass is 9.88. The summed E-state index contributed by atoms with van der Waals surface area (Å²) >= 11 is 0. The van der Waals surface area contributed by atoms with Gasteiger partial charge in [0.25, 0.3) is 0 Å². The molecule has 1 amide bonds. The van der Waals surface area contributed by atoms with Crippen molar-refractivity contribution in [2.75, 3.05) is 5.75 Å². The number of hydrogen-bond donors (Lipinski definition) is 1. The SMILES string of the molecule is Cc1ccc(C)c(CS(=O)(=O)CC(=O)NC2CCCc3ccccc32)c1. The van der Waals surface area contributed by atoms with Crippen molar-refractivity contribution in [2.45, 2.75) is 44.9 Å². The van der Waals surface area contributed by atoms with Gasteiger partial charge in [-0.25, -0.2) is 8.42 Å². The van der Waals surface area contributed by atoms with Gasteiger partial charge in [0.15, 0.2) is 9.84 Å². The van der Waals surface area contributed by atoms with Crippen LogP contribution in [0, 0.1) is 13.8 Å². The van der Waals surface area contributed by atoms with Crippen LogP contribution in [0.15, 0.2) is 42.5 Å². The van der Waals surface area contributed by atoms with Crippen LogP contribution in [0.5, 0.6) is 0 Å². The van der Waals surface area contributed by atoms with Crippen LogP contribution >= 0.6 is 0 Å². The Morgan fingerprint density at radius 1 is 1.15 bits per heavy atom. The Balaban J connectivity index is 1.67. The molecule has 0 spiro atoms. The molecule has 0 aromatic heterocycles. The molecule has 1 atom stereocenters. The van der Waals surface area contributed by atoms with Crippen molar-refractivity contribution in [3.8, 4) is 0 Å². The van der Waals surface area contributed by atoms with Crippen molar-refractivity contribution in [1.29, 1.82) is 0 Å². The quantitative estimate of drug-likeness (QED) is 0.876. The Labute approximate surface area is 155 Å². The van der Waals surface area contributed by atoms with Crippen LogP contribution < -0.4 is 5.32 Å². The van der Waals surface area contributed by atoms with E-state index in [2.05, 4.69) is 11.4 Å². The summed E-state index contributed by atoms with van der Waals surface area (Å²) in [6.45, 7) is 3.83. The Bertz CT molecular complexity index is 919. The van der Waals surface area contributed by atoms with Gasteiger partial charge in [-0.05, 0) is 55.4 Å². The van der Waals surface area contributed by atoms with Crippen molar-refractivity contribution in [3.05, 3.63) is 70.3 Å². The number of hydrogen-bond acceptors (Lipinski definition) is 3. The molecule has 4 nitrogen and oxygen atoms in total. The molecule has 0 bridgehead atoms. The molecule has 1 unspecified atom stereocenters. The van der Waals surface area contributed by atoms with E-state index in [1.165, 1.54) is 5.56 Å². The van der Waals surface area contributed by atoms with E-state index in [1.807, 2.05) is 50.2 Å². The molecule has 0 saturated heterocycles. The lowest BCUT2D eigenvalue weighted by Crippen LogP contribution is -2.35. The van der Waals surface area contributed by atoms with Crippen LogP contribution in [0.1, 0.15) is 46.7 Å². The average Bonchev–Trinajstić information content (AvgIpc) is 2.57. The first-order valence-electron chi connectivity index (χ1n) is 8.98. The first kappa shape index (κ1) is 18.6. The van der Waals surface area contributed by atoms with Gasteiger partial charge in [0, 0.05) is 0 Å². The van der Waals surface area contributed by atoms with Crippen LogP contribution in [-0.2, 0) is 26.8 Å². The Morgan fingerprint density at radius 2 is 1.92 bits per heavy atom. The maximum Gasteiger partial charge on any atom is 0.235 e. The van der Waals surface area contributed by atoms with Crippen molar-refractivity contribution >= 4 is 15.7 Å². The molecule has 0 radical (unpaired) electrons. The second-order valence-electron chi connectivity index (χ2n) is 7.17. The van der Waals surface area contributed by atoms with Crippen LogP contribution in [0.2, 0.25) is 0 Å². The smallest absolute Gasteiger partial charge is 0.235 e.